The molecular formula is C15H24N4O2. The summed E-state index contributed by atoms with van der Waals surface area (Å²) in [5, 5.41) is 19.1. The van der Waals surface area contributed by atoms with Crippen LogP contribution in [0.1, 0.15) is 6.42 Å². The van der Waals surface area contributed by atoms with E-state index in [1.807, 2.05) is 23.1 Å². The van der Waals surface area contributed by atoms with E-state index in [1.54, 1.807) is 0 Å². The SMILES string of the molecule is O=C(O)CN1CCCNCCNc2ccccc2NCC1. The molecule has 1 aromatic rings. The van der Waals surface area contributed by atoms with Crippen molar-refractivity contribution in [3.05, 3.63) is 24.3 Å². The Balaban J connectivity index is 1.98. The molecule has 2 rings (SSSR count). The fourth-order valence-electron chi connectivity index (χ4n) is 2.44. The quantitative estimate of drug-likeness (QED) is 0.648. The van der Waals surface area contributed by atoms with Crippen LogP contribution in [0.3, 0.4) is 0 Å². The van der Waals surface area contributed by atoms with Gasteiger partial charge in [0.05, 0.1) is 17.9 Å². The van der Waals surface area contributed by atoms with E-state index in [9.17, 15) is 4.79 Å². The molecule has 21 heavy (non-hydrogen) atoms. The topological polar surface area (TPSA) is 76.6 Å². The zero-order valence-corrected chi connectivity index (χ0v) is 12.3. The zero-order chi connectivity index (χ0) is 14.9. The van der Waals surface area contributed by atoms with Crippen LogP contribution in [0.25, 0.3) is 0 Å². The first-order valence-electron chi connectivity index (χ1n) is 7.47. The molecule has 1 aliphatic heterocycles. The predicted molar refractivity (Wildman–Crippen MR) is 85.0 cm³/mol. The maximum absolute atomic E-state index is 10.9. The standard InChI is InChI=1S/C15H24N4O2/c20-15(21)12-19-10-3-6-16-7-8-17-13-4-1-2-5-14(13)18-9-11-19/h1-2,4-5,16-18H,3,6-12H2,(H,20,21). The molecule has 0 radical (unpaired) electrons. The number of fused-ring (bicyclic) bond motifs is 1. The zero-order valence-electron chi connectivity index (χ0n) is 12.3. The average Bonchev–Trinajstić information content (AvgIpc) is 2.47. The molecule has 116 valence electrons. The van der Waals surface area contributed by atoms with Crippen LogP contribution in [-0.4, -0.2) is 61.8 Å². The van der Waals surface area contributed by atoms with E-state index >= 15 is 0 Å². The van der Waals surface area contributed by atoms with Gasteiger partial charge in [0, 0.05) is 32.7 Å². The van der Waals surface area contributed by atoms with Crippen molar-refractivity contribution in [3.63, 3.8) is 0 Å². The van der Waals surface area contributed by atoms with E-state index in [-0.39, 0.29) is 6.54 Å². The van der Waals surface area contributed by atoms with Crippen molar-refractivity contribution < 1.29 is 9.90 Å². The Hall–Kier alpha value is -1.79. The van der Waals surface area contributed by atoms with Gasteiger partial charge < -0.3 is 21.1 Å². The van der Waals surface area contributed by atoms with Gasteiger partial charge in [-0.3, -0.25) is 9.69 Å². The molecule has 6 heteroatoms. The van der Waals surface area contributed by atoms with Gasteiger partial charge in [-0.1, -0.05) is 12.1 Å². The smallest absolute Gasteiger partial charge is 0.317 e. The molecule has 0 bridgehead atoms. The van der Waals surface area contributed by atoms with Gasteiger partial charge in [0.15, 0.2) is 0 Å². The Kier molecular flexibility index (Phi) is 6.30. The van der Waals surface area contributed by atoms with E-state index in [1.165, 1.54) is 0 Å². The van der Waals surface area contributed by atoms with Crippen LogP contribution in [0.4, 0.5) is 11.4 Å². The van der Waals surface area contributed by atoms with Crippen molar-refractivity contribution in [2.45, 2.75) is 6.42 Å². The second-order valence-corrected chi connectivity index (χ2v) is 5.17. The molecule has 1 heterocycles. The number of nitrogens with one attached hydrogen (secondary N) is 3. The lowest BCUT2D eigenvalue weighted by molar-refractivity contribution is -0.138. The van der Waals surface area contributed by atoms with Gasteiger partial charge in [0.1, 0.15) is 0 Å². The second kappa shape index (κ2) is 8.49. The summed E-state index contributed by atoms with van der Waals surface area (Å²) in [5.74, 6) is -0.769. The minimum absolute atomic E-state index is 0.0988. The number of para-hydroxylation sites is 2. The van der Waals surface area contributed by atoms with Crippen molar-refractivity contribution in [1.29, 1.82) is 0 Å². The van der Waals surface area contributed by atoms with Gasteiger partial charge >= 0.3 is 5.97 Å². The number of benzene rings is 1. The molecule has 1 aliphatic rings. The van der Waals surface area contributed by atoms with Gasteiger partial charge in [-0.15, -0.1) is 0 Å². The lowest BCUT2D eigenvalue weighted by Gasteiger charge is -2.21. The average molecular weight is 292 g/mol. The number of anilines is 2. The van der Waals surface area contributed by atoms with Gasteiger partial charge in [0.25, 0.3) is 0 Å². The molecule has 0 unspecified atom stereocenters. The monoisotopic (exact) mass is 292 g/mol. The molecule has 4 N–H and O–H groups in total. The van der Waals surface area contributed by atoms with Gasteiger partial charge in [-0.05, 0) is 25.1 Å². The highest BCUT2D eigenvalue weighted by atomic mass is 16.4. The molecule has 1 aromatic carbocycles. The van der Waals surface area contributed by atoms with E-state index in [0.29, 0.717) is 0 Å². The predicted octanol–water partition coefficient (Wildman–Crippen LogP) is 0.890. The molecule has 0 amide bonds. The number of carboxylic acid groups (broad SMARTS) is 1. The van der Waals surface area contributed by atoms with Crippen molar-refractivity contribution >= 4 is 17.3 Å². The number of hydrogen-bond acceptors (Lipinski definition) is 5. The van der Waals surface area contributed by atoms with E-state index in [4.69, 9.17) is 5.11 Å². The molecule has 0 saturated heterocycles. The summed E-state index contributed by atoms with van der Waals surface area (Å²) >= 11 is 0. The molecule has 0 saturated carbocycles. The van der Waals surface area contributed by atoms with Crippen molar-refractivity contribution in [3.8, 4) is 0 Å². The maximum Gasteiger partial charge on any atom is 0.317 e. The van der Waals surface area contributed by atoms with Crippen LogP contribution >= 0.6 is 0 Å². The first-order valence-corrected chi connectivity index (χ1v) is 7.47. The third-order valence-corrected chi connectivity index (χ3v) is 3.47. The van der Waals surface area contributed by atoms with E-state index in [2.05, 4.69) is 22.0 Å². The van der Waals surface area contributed by atoms with Gasteiger partial charge in [-0.25, -0.2) is 0 Å². The minimum Gasteiger partial charge on any atom is -0.480 e. The number of hydrogen-bond donors (Lipinski definition) is 4. The molecule has 6 nitrogen and oxygen atoms in total. The summed E-state index contributed by atoms with van der Waals surface area (Å²) < 4.78 is 0. The largest absolute Gasteiger partial charge is 0.480 e. The summed E-state index contributed by atoms with van der Waals surface area (Å²) in [6.07, 6.45) is 0.959. The number of rotatable bonds is 2. The Morgan fingerprint density at radius 2 is 1.76 bits per heavy atom. The van der Waals surface area contributed by atoms with Crippen LogP contribution in [0.15, 0.2) is 24.3 Å². The third-order valence-electron chi connectivity index (χ3n) is 3.47. The Morgan fingerprint density at radius 3 is 2.48 bits per heavy atom. The highest BCUT2D eigenvalue weighted by molar-refractivity contribution is 5.69. The molecule has 0 fully saturated rings. The minimum atomic E-state index is -0.769. The molecule has 0 spiro atoms. The summed E-state index contributed by atoms with van der Waals surface area (Å²) in [6, 6.07) is 8.10. The lowest BCUT2D eigenvalue weighted by Crippen LogP contribution is -2.35. The first-order chi connectivity index (χ1) is 10.3. The highest BCUT2D eigenvalue weighted by Gasteiger charge is 2.10. The fraction of sp³-hybridized carbons (Fsp3) is 0.533. The number of aliphatic carboxylic acids is 1. The lowest BCUT2D eigenvalue weighted by atomic mass is 10.2. The summed E-state index contributed by atoms with van der Waals surface area (Å²) in [5.41, 5.74) is 2.15. The fourth-order valence-corrected chi connectivity index (χ4v) is 2.44. The van der Waals surface area contributed by atoms with Crippen LogP contribution < -0.4 is 16.0 Å². The molecule has 0 aromatic heterocycles. The number of carboxylic acids is 1. The van der Waals surface area contributed by atoms with Crippen molar-refractivity contribution in [1.82, 2.24) is 10.2 Å². The second-order valence-electron chi connectivity index (χ2n) is 5.17. The maximum atomic E-state index is 10.9. The Morgan fingerprint density at radius 1 is 1.05 bits per heavy atom. The molecule has 0 aliphatic carbocycles. The van der Waals surface area contributed by atoms with Crippen molar-refractivity contribution in [2.75, 3.05) is 56.4 Å². The van der Waals surface area contributed by atoms with Crippen molar-refractivity contribution in [2.24, 2.45) is 0 Å². The summed E-state index contributed by atoms with van der Waals surface area (Å²) in [6.45, 7) is 5.04. The number of carbonyl (C=O) groups is 1. The third kappa shape index (κ3) is 5.61. The van der Waals surface area contributed by atoms with Gasteiger partial charge in [-0.2, -0.15) is 0 Å². The molecule has 0 atom stereocenters. The Labute approximate surface area is 125 Å². The van der Waals surface area contributed by atoms with Crippen LogP contribution in [0, 0.1) is 0 Å². The normalized spacial score (nSPS) is 18.1. The van der Waals surface area contributed by atoms with E-state index < -0.39 is 5.97 Å². The summed E-state index contributed by atoms with van der Waals surface area (Å²) in [4.78, 5) is 12.9. The molecular weight excluding hydrogens is 268 g/mol. The first kappa shape index (κ1) is 15.6. The highest BCUT2D eigenvalue weighted by Crippen LogP contribution is 2.20. The van der Waals surface area contributed by atoms with Crippen LogP contribution in [0.5, 0.6) is 0 Å². The van der Waals surface area contributed by atoms with Crippen LogP contribution in [-0.2, 0) is 4.79 Å². The summed E-state index contributed by atoms with van der Waals surface area (Å²) in [7, 11) is 0. The van der Waals surface area contributed by atoms with Gasteiger partial charge in [0.2, 0.25) is 0 Å². The number of nitrogens with zero attached hydrogens (tertiary/aromatic N) is 1. The van der Waals surface area contributed by atoms with Crippen LogP contribution in [0.2, 0.25) is 0 Å². The van der Waals surface area contributed by atoms with E-state index in [0.717, 1.165) is 57.1 Å². The Bertz CT molecular complexity index is 453.